The molecule has 2 saturated heterocycles. The Morgan fingerprint density at radius 2 is 1.93 bits per heavy atom. The summed E-state index contributed by atoms with van der Waals surface area (Å²) < 4.78 is 12.3. The van der Waals surface area contributed by atoms with Gasteiger partial charge in [-0.05, 0) is 36.4 Å². The summed E-state index contributed by atoms with van der Waals surface area (Å²) in [5, 5.41) is 7.76. The van der Waals surface area contributed by atoms with Crippen molar-refractivity contribution in [2.45, 2.75) is 25.3 Å². The highest BCUT2D eigenvalue weighted by atomic mass is 32.1. The highest BCUT2D eigenvalue weighted by Gasteiger charge is 2.24. The number of thiophene rings is 1. The van der Waals surface area contributed by atoms with Gasteiger partial charge in [-0.1, -0.05) is 11.2 Å². The van der Waals surface area contributed by atoms with Crippen molar-refractivity contribution in [3.05, 3.63) is 41.4 Å². The molecule has 2 aliphatic rings. The summed E-state index contributed by atoms with van der Waals surface area (Å²) in [7, 11) is 0. The van der Waals surface area contributed by atoms with Gasteiger partial charge in [-0.15, -0.1) is 11.3 Å². The van der Waals surface area contributed by atoms with Crippen LogP contribution in [0.5, 0.6) is 0 Å². The molecular weight excluding hydrogens is 360 g/mol. The van der Waals surface area contributed by atoms with Gasteiger partial charge >= 0.3 is 0 Å². The van der Waals surface area contributed by atoms with Crippen molar-refractivity contribution >= 4 is 27.1 Å². The fraction of sp³-hybridized carbons (Fsp3) is 0.500. The van der Waals surface area contributed by atoms with E-state index in [1.165, 1.54) is 15.8 Å². The first-order valence-corrected chi connectivity index (χ1v) is 10.6. The van der Waals surface area contributed by atoms with Gasteiger partial charge in [0.05, 0.1) is 6.54 Å². The van der Waals surface area contributed by atoms with Crippen LogP contribution < -0.4 is 4.90 Å². The zero-order valence-corrected chi connectivity index (χ0v) is 16.2. The average Bonchev–Trinajstić information content (AvgIpc) is 3.38. The smallest absolute Gasteiger partial charge is 0.229 e. The van der Waals surface area contributed by atoms with E-state index in [-0.39, 0.29) is 0 Å². The number of fused-ring (bicyclic) bond motifs is 1. The number of ether oxygens (including phenoxy) is 1. The summed E-state index contributed by atoms with van der Waals surface area (Å²) >= 11 is 1.81. The Kier molecular flexibility index (Phi) is 4.82. The number of piperazine rings is 1. The van der Waals surface area contributed by atoms with Crippen molar-refractivity contribution in [3.8, 4) is 0 Å². The van der Waals surface area contributed by atoms with E-state index in [0.29, 0.717) is 5.92 Å². The molecule has 0 amide bonds. The van der Waals surface area contributed by atoms with Gasteiger partial charge in [0, 0.05) is 61.1 Å². The van der Waals surface area contributed by atoms with E-state index in [0.717, 1.165) is 70.5 Å². The maximum atomic E-state index is 5.52. The molecule has 0 bridgehead atoms. The molecule has 3 aromatic rings. The van der Waals surface area contributed by atoms with Gasteiger partial charge in [0.25, 0.3) is 0 Å². The van der Waals surface area contributed by atoms with E-state index in [9.17, 15) is 0 Å². The quantitative estimate of drug-likeness (QED) is 0.686. The van der Waals surface area contributed by atoms with Crippen molar-refractivity contribution in [2.24, 2.45) is 0 Å². The highest BCUT2D eigenvalue weighted by Crippen LogP contribution is 2.31. The molecular formula is C20H24N4O2S. The van der Waals surface area contributed by atoms with E-state index in [1.807, 2.05) is 11.3 Å². The number of anilines is 1. The third kappa shape index (κ3) is 3.59. The van der Waals surface area contributed by atoms with Gasteiger partial charge in [-0.25, -0.2) is 0 Å². The molecule has 0 spiro atoms. The highest BCUT2D eigenvalue weighted by molar-refractivity contribution is 7.17. The minimum absolute atomic E-state index is 0.364. The summed E-state index contributed by atoms with van der Waals surface area (Å²) in [6, 6.07) is 8.84. The lowest BCUT2D eigenvalue weighted by atomic mass is 10.0. The molecule has 0 unspecified atom stereocenters. The second kappa shape index (κ2) is 7.58. The third-order valence-corrected chi connectivity index (χ3v) is 6.49. The number of hydrogen-bond acceptors (Lipinski definition) is 7. The zero-order chi connectivity index (χ0) is 18.1. The van der Waals surface area contributed by atoms with Gasteiger partial charge < -0.3 is 14.2 Å². The first kappa shape index (κ1) is 17.2. The van der Waals surface area contributed by atoms with Crippen LogP contribution in [-0.4, -0.2) is 54.4 Å². The van der Waals surface area contributed by atoms with Gasteiger partial charge in [0.15, 0.2) is 5.82 Å². The Morgan fingerprint density at radius 3 is 2.78 bits per heavy atom. The molecule has 0 saturated carbocycles. The Labute approximate surface area is 162 Å². The van der Waals surface area contributed by atoms with Crippen LogP contribution in [0.1, 0.15) is 30.5 Å². The number of nitrogens with zero attached hydrogens (tertiary/aromatic N) is 4. The SMILES string of the molecule is c1cc(N2CCN(Cc3noc(C4CCOCC4)n3)CC2)c2ccsc2c1. The molecule has 0 aliphatic carbocycles. The molecule has 142 valence electrons. The van der Waals surface area contributed by atoms with Crippen molar-refractivity contribution in [2.75, 3.05) is 44.3 Å². The largest absolute Gasteiger partial charge is 0.381 e. The van der Waals surface area contributed by atoms with Crippen molar-refractivity contribution in [1.29, 1.82) is 0 Å². The summed E-state index contributed by atoms with van der Waals surface area (Å²) in [6.07, 6.45) is 1.96. The van der Waals surface area contributed by atoms with E-state index >= 15 is 0 Å². The number of hydrogen-bond donors (Lipinski definition) is 0. The minimum atomic E-state index is 0.364. The topological polar surface area (TPSA) is 54.6 Å². The predicted octanol–water partition coefficient (Wildman–Crippen LogP) is 3.50. The van der Waals surface area contributed by atoms with E-state index in [1.54, 1.807) is 0 Å². The molecule has 2 fully saturated rings. The molecule has 27 heavy (non-hydrogen) atoms. The van der Waals surface area contributed by atoms with Crippen molar-refractivity contribution in [3.63, 3.8) is 0 Å². The standard InChI is InChI=1S/C20H24N4O2S/c1-2-17(16-6-13-27-18(16)3-1)24-9-7-23(8-10-24)14-19-21-20(26-22-19)15-4-11-25-12-5-15/h1-3,6,13,15H,4-5,7-12,14H2. The van der Waals surface area contributed by atoms with Crippen LogP contribution in [0.25, 0.3) is 10.1 Å². The molecule has 5 rings (SSSR count). The van der Waals surface area contributed by atoms with Crippen LogP contribution >= 0.6 is 11.3 Å². The molecule has 7 heteroatoms. The van der Waals surface area contributed by atoms with E-state index in [2.05, 4.69) is 49.6 Å². The fourth-order valence-electron chi connectivity index (χ4n) is 4.04. The van der Waals surface area contributed by atoms with Crippen LogP contribution in [0.2, 0.25) is 0 Å². The van der Waals surface area contributed by atoms with Gasteiger partial charge in [-0.2, -0.15) is 4.98 Å². The fourth-order valence-corrected chi connectivity index (χ4v) is 4.85. The Morgan fingerprint density at radius 1 is 1.07 bits per heavy atom. The van der Waals surface area contributed by atoms with Crippen LogP contribution in [0.4, 0.5) is 5.69 Å². The molecule has 2 aromatic heterocycles. The number of rotatable bonds is 4. The van der Waals surface area contributed by atoms with Gasteiger partial charge in [0.2, 0.25) is 5.89 Å². The lowest BCUT2D eigenvalue weighted by Crippen LogP contribution is -2.46. The molecule has 0 N–H and O–H groups in total. The van der Waals surface area contributed by atoms with Crippen molar-refractivity contribution in [1.82, 2.24) is 15.0 Å². The maximum absolute atomic E-state index is 5.52. The number of benzene rings is 1. The molecule has 0 atom stereocenters. The molecule has 4 heterocycles. The summed E-state index contributed by atoms with van der Waals surface area (Å²) in [4.78, 5) is 9.57. The van der Waals surface area contributed by atoms with E-state index < -0.39 is 0 Å². The number of aromatic nitrogens is 2. The predicted molar refractivity (Wildman–Crippen MR) is 106 cm³/mol. The lowest BCUT2D eigenvalue weighted by Gasteiger charge is -2.35. The normalized spacial score (nSPS) is 19.8. The molecule has 1 aromatic carbocycles. The first-order chi connectivity index (χ1) is 13.4. The second-order valence-electron chi connectivity index (χ2n) is 7.31. The second-order valence-corrected chi connectivity index (χ2v) is 8.26. The van der Waals surface area contributed by atoms with E-state index in [4.69, 9.17) is 9.26 Å². The summed E-state index contributed by atoms with van der Waals surface area (Å²) in [5.74, 6) is 1.96. The maximum Gasteiger partial charge on any atom is 0.229 e. The van der Waals surface area contributed by atoms with Gasteiger partial charge in [0.1, 0.15) is 0 Å². The molecule has 6 nitrogen and oxygen atoms in total. The van der Waals surface area contributed by atoms with Gasteiger partial charge in [-0.3, -0.25) is 4.90 Å². The Hall–Kier alpha value is -1.96. The summed E-state index contributed by atoms with van der Waals surface area (Å²) in [6.45, 7) is 6.44. The van der Waals surface area contributed by atoms with Crippen LogP contribution in [-0.2, 0) is 11.3 Å². The molecule has 0 radical (unpaired) electrons. The van der Waals surface area contributed by atoms with Crippen molar-refractivity contribution < 1.29 is 9.26 Å². The minimum Gasteiger partial charge on any atom is -0.381 e. The molecule has 2 aliphatic heterocycles. The summed E-state index contributed by atoms with van der Waals surface area (Å²) in [5.41, 5.74) is 1.36. The lowest BCUT2D eigenvalue weighted by molar-refractivity contribution is 0.0778. The zero-order valence-electron chi connectivity index (χ0n) is 15.3. The average molecular weight is 385 g/mol. The Balaban J connectivity index is 1.20. The monoisotopic (exact) mass is 384 g/mol. The first-order valence-electron chi connectivity index (χ1n) is 9.70. The third-order valence-electron chi connectivity index (χ3n) is 5.61. The van der Waals surface area contributed by atoms with Crippen LogP contribution in [0.3, 0.4) is 0 Å². The van der Waals surface area contributed by atoms with Crippen LogP contribution in [0.15, 0.2) is 34.2 Å². The van der Waals surface area contributed by atoms with Crippen LogP contribution in [0, 0.1) is 0 Å². The Bertz CT molecular complexity index is 894.